The Balaban J connectivity index is 1.50. The molecule has 154 valence electrons. The maximum atomic E-state index is 12.5. The van der Waals surface area contributed by atoms with Crippen molar-refractivity contribution in [1.29, 1.82) is 0 Å². The molecular formula is C24H31N3O2. The lowest BCUT2D eigenvalue weighted by Gasteiger charge is -2.22. The predicted molar refractivity (Wildman–Crippen MR) is 116 cm³/mol. The van der Waals surface area contributed by atoms with E-state index in [9.17, 15) is 9.59 Å². The molecule has 1 N–H and O–H groups in total. The first-order valence-corrected chi connectivity index (χ1v) is 10.6. The smallest absolute Gasteiger partial charge is 0.317 e. The van der Waals surface area contributed by atoms with E-state index in [1.54, 1.807) is 11.9 Å². The summed E-state index contributed by atoms with van der Waals surface area (Å²) in [5.41, 5.74) is 3.36. The second-order valence-electron chi connectivity index (χ2n) is 7.66. The summed E-state index contributed by atoms with van der Waals surface area (Å²) in [5.74, 6) is 0.143. The van der Waals surface area contributed by atoms with Gasteiger partial charge in [0.05, 0.1) is 0 Å². The van der Waals surface area contributed by atoms with Crippen molar-refractivity contribution in [3.63, 3.8) is 0 Å². The molecule has 0 bridgehead atoms. The van der Waals surface area contributed by atoms with Crippen molar-refractivity contribution in [2.45, 2.75) is 38.6 Å². The third kappa shape index (κ3) is 6.08. The van der Waals surface area contributed by atoms with Crippen LogP contribution in [-0.4, -0.2) is 48.4 Å². The maximum Gasteiger partial charge on any atom is 0.317 e. The number of benzene rings is 2. The van der Waals surface area contributed by atoms with Crippen molar-refractivity contribution in [2.75, 3.05) is 26.7 Å². The van der Waals surface area contributed by atoms with Gasteiger partial charge in [-0.3, -0.25) is 4.79 Å². The molecule has 1 saturated heterocycles. The third-order valence-corrected chi connectivity index (χ3v) is 5.43. The molecule has 3 rings (SSSR count). The zero-order chi connectivity index (χ0) is 20.5. The monoisotopic (exact) mass is 393 g/mol. The molecule has 5 nitrogen and oxygen atoms in total. The summed E-state index contributed by atoms with van der Waals surface area (Å²) < 4.78 is 0. The Labute approximate surface area is 173 Å². The standard InChI is InChI=1S/C24H31N3O2/c1-26(19-21-13-7-8-14-22(21)20-11-5-4-6-12-20)24(29)25-16-15-23(28)27-17-9-2-3-10-18-27/h4-8,11-14H,2-3,9-10,15-19H2,1H3,(H,25,29). The third-order valence-electron chi connectivity index (χ3n) is 5.43. The summed E-state index contributed by atoms with van der Waals surface area (Å²) in [4.78, 5) is 28.5. The van der Waals surface area contributed by atoms with Crippen molar-refractivity contribution >= 4 is 11.9 Å². The van der Waals surface area contributed by atoms with Crippen molar-refractivity contribution in [2.24, 2.45) is 0 Å². The molecule has 0 aliphatic carbocycles. The number of nitrogens with one attached hydrogen (secondary N) is 1. The Kier molecular flexibility index (Phi) is 7.68. The van der Waals surface area contributed by atoms with Crippen LogP contribution in [-0.2, 0) is 11.3 Å². The van der Waals surface area contributed by atoms with Crippen molar-refractivity contribution in [3.05, 3.63) is 60.2 Å². The number of urea groups is 1. The predicted octanol–water partition coefficient (Wildman–Crippen LogP) is 4.29. The molecule has 2 aromatic carbocycles. The summed E-state index contributed by atoms with van der Waals surface area (Å²) in [6.07, 6.45) is 4.94. The maximum absolute atomic E-state index is 12.5. The quantitative estimate of drug-likeness (QED) is 0.796. The van der Waals surface area contributed by atoms with Gasteiger partial charge in [0, 0.05) is 39.6 Å². The number of likely N-dealkylation sites (tertiary alicyclic amines) is 1. The highest BCUT2D eigenvalue weighted by atomic mass is 16.2. The van der Waals surface area contributed by atoms with E-state index in [0.29, 0.717) is 19.5 Å². The number of hydrogen-bond acceptors (Lipinski definition) is 2. The molecule has 0 atom stereocenters. The highest BCUT2D eigenvalue weighted by Crippen LogP contribution is 2.24. The molecule has 1 aliphatic heterocycles. The van der Waals surface area contributed by atoms with E-state index in [-0.39, 0.29) is 11.9 Å². The number of rotatable bonds is 6. The molecule has 1 heterocycles. The number of hydrogen-bond donors (Lipinski definition) is 1. The van der Waals surface area contributed by atoms with Gasteiger partial charge in [-0.25, -0.2) is 4.79 Å². The van der Waals surface area contributed by atoms with Gasteiger partial charge in [0.25, 0.3) is 0 Å². The highest BCUT2D eigenvalue weighted by Gasteiger charge is 2.16. The van der Waals surface area contributed by atoms with E-state index >= 15 is 0 Å². The van der Waals surface area contributed by atoms with Crippen LogP contribution in [0.4, 0.5) is 4.79 Å². The van der Waals surface area contributed by atoms with Gasteiger partial charge in [-0.15, -0.1) is 0 Å². The average Bonchev–Trinajstić information content (AvgIpc) is 3.04. The van der Waals surface area contributed by atoms with E-state index in [0.717, 1.165) is 42.6 Å². The van der Waals surface area contributed by atoms with E-state index < -0.39 is 0 Å². The fourth-order valence-electron chi connectivity index (χ4n) is 3.77. The summed E-state index contributed by atoms with van der Waals surface area (Å²) in [6.45, 7) is 2.59. The van der Waals surface area contributed by atoms with E-state index in [4.69, 9.17) is 0 Å². The van der Waals surface area contributed by atoms with Crippen LogP contribution in [0.1, 0.15) is 37.7 Å². The first kappa shape index (κ1) is 20.9. The summed E-state index contributed by atoms with van der Waals surface area (Å²) in [5, 5.41) is 2.89. The number of carbonyl (C=O) groups is 2. The van der Waals surface area contributed by atoms with Gasteiger partial charge in [0.2, 0.25) is 5.91 Å². The lowest BCUT2D eigenvalue weighted by atomic mass is 9.99. The van der Waals surface area contributed by atoms with Crippen LogP contribution in [0.25, 0.3) is 11.1 Å². The van der Waals surface area contributed by atoms with Crippen LogP contribution in [0.2, 0.25) is 0 Å². The van der Waals surface area contributed by atoms with Crippen molar-refractivity contribution in [3.8, 4) is 11.1 Å². The molecule has 1 aliphatic rings. The Morgan fingerprint density at radius 2 is 1.59 bits per heavy atom. The topological polar surface area (TPSA) is 52.7 Å². The van der Waals surface area contributed by atoms with Crippen LogP contribution in [0, 0.1) is 0 Å². The molecule has 3 amide bonds. The zero-order valence-corrected chi connectivity index (χ0v) is 17.3. The molecule has 5 heteroatoms. The normalized spacial score (nSPS) is 14.2. The minimum absolute atomic E-state index is 0.143. The number of nitrogens with zero attached hydrogens (tertiary/aromatic N) is 2. The summed E-state index contributed by atoms with van der Waals surface area (Å²) in [7, 11) is 1.79. The van der Waals surface area contributed by atoms with E-state index in [2.05, 4.69) is 29.6 Å². The molecule has 0 saturated carbocycles. The number of carbonyl (C=O) groups excluding carboxylic acids is 2. The SMILES string of the molecule is CN(Cc1ccccc1-c1ccccc1)C(=O)NCCC(=O)N1CCCCCC1. The van der Waals surface area contributed by atoms with E-state index in [1.165, 1.54) is 12.8 Å². The van der Waals surface area contributed by atoms with Crippen LogP contribution in [0.5, 0.6) is 0 Å². The highest BCUT2D eigenvalue weighted by molar-refractivity contribution is 5.78. The van der Waals surface area contributed by atoms with Gasteiger partial charge in [0.15, 0.2) is 0 Å². The van der Waals surface area contributed by atoms with Crippen LogP contribution in [0.15, 0.2) is 54.6 Å². The van der Waals surface area contributed by atoms with Gasteiger partial charge in [-0.05, 0) is 29.5 Å². The Morgan fingerprint density at radius 1 is 0.931 bits per heavy atom. The Hall–Kier alpha value is -2.82. The Bertz CT molecular complexity index is 799. The van der Waals surface area contributed by atoms with Gasteiger partial charge < -0.3 is 15.1 Å². The number of amides is 3. The minimum Gasteiger partial charge on any atom is -0.343 e. The first-order chi connectivity index (χ1) is 14.1. The first-order valence-electron chi connectivity index (χ1n) is 10.6. The van der Waals surface area contributed by atoms with E-state index in [1.807, 2.05) is 35.2 Å². The molecular weight excluding hydrogens is 362 g/mol. The van der Waals surface area contributed by atoms with Crippen molar-refractivity contribution < 1.29 is 9.59 Å². The fourth-order valence-corrected chi connectivity index (χ4v) is 3.77. The molecule has 0 unspecified atom stereocenters. The summed E-state index contributed by atoms with van der Waals surface area (Å²) >= 11 is 0. The largest absolute Gasteiger partial charge is 0.343 e. The molecule has 0 radical (unpaired) electrons. The van der Waals surface area contributed by atoms with Crippen LogP contribution in [0.3, 0.4) is 0 Å². The average molecular weight is 394 g/mol. The molecule has 29 heavy (non-hydrogen) atoms. The minimum atomic E-state index is -0.156. The van der Waals surface area contributed by atoms with Gasteiger partial charge in [0.1, 0.15) is 0 Å². The van der Waals surface area contributed by atoms with Crippen molar-refractivity contribution in [1.82, 2.24) is 15.1 Å². The van der Waals surface area contributed by atoms with Crippen LogP contribution < -0.4 is 5.32 Å². The molecule has 2 aromatic rings. The second kappa shape index (κ2) is 10.6. The van der Waals surface area contributed by atoms with Gasteiger partial charge >= 0.3 is 6.03 Å². The van der Waals surface area contributed by atoms with Crippen LogP contribution >= 0.6 is 0 Å². The lowest BCUT2D eigenvalue weighted by molar-refractivity contribution is -0.131. The summed E-state index contributed by atoms with van der Waals surface area (Å²) in [6, 6.07) is 18.2. The van der Waals surface area contributed by atoms with Gasteiger partial charge in [-0.1, -0.05) is 67.4 Å². The van der Waals surface area contributed by atoms with Gasteiger partial charge in [-0.2, -0.15) is 0 Å². The Morgan fingerprint density at radius 3 is 2.31 bits per heavy atom. The fraction of sp³-hybridized carbons (Fsp3) is 0.417. The lowest BCUT2D eigenvalue weighted by Crippen LogP contribution is -2.39. The molecule has 0 spiro atoms. The second-order valence-corrected chi connectivity index (χ2v) is 7.66. The molecule has 1 fully saturated rings. The molecule has 0 aromatic heterocycles. The zero-order valence-electron chi connectivity index (χ0n) is 17.3.